The third-order valence-corrected chi connectivity index (χ3v) is 6.14. The molecule has 1 aliphatic rings. The van der Waals surface area contributed by atoms with Gasteiger partial charge in [-0.15, -0.1) is 5.10 Å². The molecular weight excluding hydrogens is 454 g/mol. The molecule has 2 N–H and O–H groups in total. The van der Waals surface area contributed by atoms with Crippen molar-refractivity contribution in [1.82, 2.24) is 25.2 Å². The third kappa shape index (κ3) is 3.22. The number of hydrogen-bond donors (Lipinski definition) is 2. The van der Waals surface area contributed by atoms with Gasteiger partial charge in [0.25, 0.3) is 5.91 Å². The Morgan fingerprint density at radius 1 is 1.16 bits per heavy atom. The Kier molecular flexibility index (Phi) is 5.06. The van der Waals surface area contributed by atoms with Crippen LogP contribution in [0.4, 0.5) is 10.1 Å². The lowest BCUT2D eigenvalue weighted by Crippen LogP contribution is -2.31. The highest BCUT2D eigenvalue weighted by Gasteiger charge is 2.45. The predicted molar refractivity (Wildman–Crippen MR) is 120 cm³/mol. The number of aromatic nitrogens is 5. The zero-order valence-electron chi connectivity index (χ0n) is 17.2. The van der Waals surface area contributed by atoms with Crippen LogP contribution in [0.3, 0.4) is 0 Å². The summed E-state index contributed by atoms with van der Waals surface area (Å²) in [7, 11) is 0. The van der Waals surface area contributed by atoms with E-state index in [0.29, 0.717) is 23.1 Å². The summed E-state index contributed by atoms with van der Waals surface area (Å²) in [5, 5.41) is 14.7. The molecule has 7 nitrogen and oxygen atoms in total. The normalized spacial score (nSPS) is 15.8. The van der Waals surface area contributed by atoms with Crippen molar-refractivity contribution in [2.45, 2.75) is 32.4 Å². The van der Waals surface area contributed by atoms with Crippen LogP contribution in [0.25, 0.3) is 0 Å². The molecule has 0 aliphatic carbocycles. The Morgan fingerprint density at radius 2 is 1.88 bits per heavy atom. The Bertz CT molecular complexity index is 1300. The van der Waals surface area contributed by atoms with Crippen LogP contribution in [0.5, 0.6) is 0 Å². The molecular formula is C22H19Cl2FN6O. The average molecular weight is 473 g/mol. The van der Waals surface area contributed by atoms with Gasteiger partial charge in [-0.05, 0) is 35.7 Å². The number of rotatable bonds is 5. The first-order valence-electron chi connectivity index (χ1n) is 10.1. The van der Waals surface area contributed by atoms with E-state index < -0.39 is 11.9 Å². The highest BCUT2D eigenvalue weighted by Crippen LogP contribution is 2.46. The highest BCUT2D eigenvalue weighted by atomic mass is 35.5. The van der Waals surface area contributed by atoms with Crippen LogP contribution in [-0.4, -0.2) is 31.1 Å². The number of amides is 1. The quantitative estimate of drug-likeness (QED) is 0.413. The first-order valence-corrected chi connectivity index (χ1v) is 10.8. The van der Waals surface area contributed by atoms with Gasteiger partial charge in [0.2, 0.25) is 0 Å². The molecule has 1 atom stereocenters. The molecule has 1 unspecified atom stereocenters. The van der Waals surface area contributed by atoms with Gasteiger partial charge in [0.15, 0.2) is 17.3 Å². The molecule has 4 aromatic rings. The Hall–Kier alpha value is -3.10. The van der Waals surface area contributed by atoms with Crippen LogP contribution in [0.2, 0.25) is 10.0 Å². The van der Waals surface area contributed by atoms with Gasteiger partial charge in [-0.3, -0.25) is 19.5 Å². The number of H-pyrrole nitrogens is 2. The van der Waals surface area contributed by atoms with E-state index in [-0.39, 0.29) is 22.5 Å². The van der Waals surface area contributed by atoms with Gasteiger partial charge >= 0.3 is 0 Å². The monoisotopic (exact) mass is 472 g/mol. The second-order valence-corrected chi connectivity index (χ2v) is 8.80. The van der Waals surface area contributed by atoms with E-state index >= 15 is 4.39 Å². The maximum atomic E-state index is 15.1. The maximum absolute atomic E-state index is 15.1. The van der Waals surface area contributed by atoms with Crippen LogP contribution in [-0.2, 0) is 6.54 Å². The largest absolute Gasteiger partial charge is 0.292 e. The molecule has 164 valence electrons. The molecule has 0 saturated carbocycles. The smallest absolute Gasteiger partial charge is 0.280 e. The Labute approximate surface area is 193 Å². The maximum Gasteiger partial charge on any atom is 0.280 e. The van der Waals surface area contributed by atoms with E-state index in [1.807, 2.05) is 26.0 Å². The fourth-order valence-electron chi connectivity index (χ4n) is 4.25. The van der Waals surface area contributed by atoms with Crippen molar-refractivity contribution < 1.29 is 9.18 Å². The first kappa shape index (κ1) is 20.8. The van der Waals surface area contributed by atoms with Gasteiger partial charge in [0.1, 0.15) is 6.54 Å². The van der Waals surface area contributed by atoms with E-state index in [2.05, 4.69) is 20.5 Å². The van der Waals surface area contributed by atoms with Crippen LogP contribution in [0.15, 0.2) is 42.5 Å². The number of benzene rings is 2. The lowest BCUT2D eigenvalue weighted by atomic mass is 9.94. The molecule has 5 rings (SSSR count). The average Bonchev–Trinajstić information content (AvgIpc) is 3.22. The number of carbonyl (C=O) groups excluding carboxylic acids is 1. The molecule has 0 fully saturated rings. The number of aromatic amines is 2. The Morgan fingerprint density at radius 3 is 2.50 bits per heavy atom. The summed E-state index contributed by atoms with van der Waals surface area (Å²) < 4.78 is 16.9. The number of nitrogens with zero attached hydrogens (tertiary/aromatic N) is 4. The summed E-state index contributed by atoms with van der Waals surface area (Å²) in [4.78, 5) is 15.1. The molecule has 1 amide bonds. The minimum absolute atomic E-state index is 0.0478. The van der Waals surface area contributed by atoms with Crippen molar-refractivity contribution in [3.8, 4) is 0 Å². The first-order chi connectivity index (χ1) is 15.4. The number of hydrogen-bond acceptors (Lipinski definition) is 3. The van der Waals surface area contributed by atoms with Gasteiger partial charge in [-0.2, -0.15) is 5.10 Å². The zero-order chi connectivity index (χ0) is 22.6. The number of halogens is 3. The molecule has 1 aliphatic heterocycles. The van der Waals surface area contributed by atoms with Gasteiger partial charge < -0.3 is 0 Å². The third-order valence-electron chi connectivity index (χ3n) is 5.60. The number of fused-ring (bicyclic) bond motifs is 1. The topological polar surface area (TPSA) is 82.6 Å². The van der Waals surface area contributed by atoms with Crippen LogP contribution < -0.4 is 4.90 Å². The molecule has 2 aromatic carbocycles. The summed E-state index contributed by atoms with van der Waals surface area (Å²) >= 11 is 12.2. The van der Waals surface area contributed by atoms with E-state index in [1.54, 1.807) is 28.9 Å². The lowest BCUT2D eigenvalue weighted by Gasteiger charge is -2.28. The van der Waals surface area contributed by atoms with Crippen molar-refractivity contribution in [3.05, 3.63) is 86.7 Å². The molecule has 0 radical (unpaired) electrons. The summed E-state index contributed by atoms with van der Waals surface area (Å²) in [6.07, 6.45) is 0. The number of carbonyl (C=O) groups is 1. The summed E-state index contributed by atoms with van der Waals surface area (Å²) in [5.74, 6) is -0.277. The molecule has 0 spiro atoms. The summed E-state index contributed by atoms with van der Waals surface area (Å²) in [5.41, 5.74) is 2.83. The zero-order valence-corrected chi connectivity index (χ0v) is 18.7. The van der Waals surface area contributed by atoms with Gasteiger partial charge in [-0.25, -0.2) is 9.60 Å². The predicted octanol–water partition coefficient (Wildman–Crippen LogP) is 5.30. The van der Waals surface area contributed by atoms with E-state index in [1.165, 1.54) is 11.0 Å². The van der Waals surface area contributed by atoms with Crippen molar-refractivity contribution in [2.24, 2.45) is 0 Å². The fraction of sp³-hybridized carbons (Fsp3) is 0.227. The summed E-state index contributed by atoms with van der Waals surface area (Å²) in [6, 6.07) is 11.2. The lowest BCUT2D eigenvalue weighted by molar-refractivity contribution is 0.0987. The van der Waals surface area contributed by atoms with Crippen molar-refractivity contribution in [3.63, 3.8) is 0 Å². The highest BCUT2D eigenvalue weighted by molar-refractivity contribution is 6.31. The van der Waals surface area contributed by atoms with Crippen LogP contribution in [0, 0.1) is 5.82 Å². The minimum atomic E-state index is -0.648. The molecule has 0 bridgehead atoms. The second-order valence-electron chi connectivity index (χ2n) is 7.96. The number of anilines is 1. The van der Waals surface area contributed by atoms with Gasteiger partial charge in [0, 0.05) is 16.3 Å². The molecule has 10 heteroatoms. The van der Waals surface area contributed by atoms with Gasteiger partial charge in [0.05, 0.1) is 16.8 Å². The van der Waals surface area contributed by atoms with Crippen molar-refractivity contribution in [2.75, 3.05) is 4.90 Å². The minimum Gasteiger partial charge on any atom is -0.292 e. The standard InChI is InChI=1S/C22H19Cl2FN6O/c1-11(2)20-17-19(28-30(20)10-16-26-29-27-16)22(32)31(15-5-3-4-14(24)18(15)25)21(17)12-6-8-13(23)9-7-12/h3-9,11,21,29H,10H2,1-2H3,(H,26,27). The molecule has 32 heavy (non-hydrogen) atoms. The van der Waals surface area contributed by atoms with Gasteiger partial charge in [-0.1, -0.05) is 55.2 Å². The van der Waals surface area contributed by atoms with E-state index in [4.69, 9.17) is 23.2 Å². The molecule has 2 aromatic heterocycles. The molecule has 3 heterocycles. The van der Waals surface area contributed by atoms with E-state index in [0.717, 1.165) is 16.8 Å². The van der Waals surface area contributed by atoms with Crippen LogP contribution in [0.1, 0.15) is 58.9 Å². The van der Waals surface area contributed by atoms with Crippen molar-refractivity contribution in [1.29, 1.82) is 0 Å². The van der Waals surface area contributed by atoms with Crippen molar-refractivity contribution >= 4 is 34.8 Å². The molecule has 0 saturated heterocycles. The SMILES string of the molecule is CC(C)c1c2c(nn1Cc1n[nH][nH]1)C(=O)N(c1cccc(Cl)c1F)C2c1ccc(Cl)cc1. The van der Waals surface area contributed by atoms with E-state index in [9.17, 15) is 4.79 Å². The second kappa shape index (κ2) is 7.79. The summed E-state index contributed by atoms with van der Waals surface area (Å²) in [6.45, 7) is 4.46. The van der Waals surface area contributed by atoms with Crippen LogP contribution >= 0.6 is 23.2 Å². The number of nitrogens with one attached hydrogen (secondary N) is 2. The Balaban J connectivity index is 1.73. The fourth-order valence-corrected chi connectivity index (χ4v) is 4.54.